The Morgan fingerprint density at radius 1 is 1.40 bits per heavy atom. The maximum Gasteiger partial charge on any atom is 0.281 e. The van der Waals surface area contributed by atoms with E-state index in [-0.39, 0.29) is 5.82 Å². The molecule has 0 radical (unpaired) electrons. The summed E-state index contributed by atoms with van der Waals surface area (Å²) in [5.41, 5.74) is 16.9. The van der Waals surface area contributed by atoms with Crippen LogP contribution in [0.5, 0.6) is 0 Å². The van der Waals surface area contributed by atoms with E-state index in [0.717, 1.165) is 11.8 Å². The summed E-state index contributed by atoms with van der Waals surface area (Å²) in [6, 6.07) is 0. The van der Waals surface area contributed by atoms with Gasteiger partial charge in [0.15, 0.2) is 0 Å². The average Bonchev–Trinajstić information content (AvgIpc) is 2.43. The maximum atomic E-state index is 10.8. The Labute approximate surface area is 88.4 Å². The van der Waals surface area contributed by atoms with Crippen molar-refractivity contribution in [2.24, 2.45) is 5.73 Å². The molecule has 0 saturated carbocycles. The number of thioether (sulfide) groups is 1. The lowest BCUT2D eigenvalue weighted by Gasteiger charge is -1.97. The average molecular weight is 224 g/mol. The van der Waals surface area contributed by atoms with Crippen LogP contribution in [0.25, 0.3) is 11.0 Å². The number of rotatable bonds is 1. The van der Waals surface area contributed by atoms with Crippen LogP contribution in [0.1, 0.15) is 0 Å². The molecule has 0 aromatic carbocycles. The Morgan fingerprint density at radius 3 is 2.80 bits per heavy atom. The number of carbonyl (C=O) groups is 1. The van der Waals surface area contributed by atoms with Gasteiger partial charge >= 0.3 is 0 Å². The van der Waals surface area contributed by atoms with E-state index in [1.54, 1.807) is 0 Å². The molecule has 0 fully saturated rings. The third kappa shape index (κ3) is 1.54. The number of nitrogen functional groups attached to an aromatic ring is 2. The molecule has 0 aliphatic carbocycles. The predicted octanol–water partition coefficient (Wildman–Crippen LogP) is 0.293. The summed E-state index contributed by atoms with van der Waals surface area (Å²) in [6.07, 6.45) is 1.31. The van der Waals surface area contributed by atoms with Crippen LogP contribution in [-0.4, -0.2) is 20.2 Å². The van der Waals surface area contributed by atoms with Gasteiger partial charge in [-0.1, -0.05) is 0 Å². The fourth-order valence-corrected chi connectivity index (χ4v) is 1.91. The standard InChI is InChI=1S/C7H8N6OS/c8-4-2-3(15-7(10)14)5(9)13-6(2)12-1-11-4/h1H,9H2,(H2,10,14)(H3,8,11,12,13). The lowest BCUT2D eigenvalue weighted by molar-refractivity contribution is 0.267. The van der Waals surface area contributed by atoms with Crippen LogP contribution in [0.15, 0.2) is 11.2 Å². The third-order valence-electron chi connectivity index (χ3n) is 1.80. The molecular weight excluding hydrogens is 216 g/mol. The molecule has 1 amide bonds. The normalized spacial score (nSPS) is 10.7. The number of hydrogen-bond donors (Lipinski definition) is 4. The van der Waals surface area contributed by atoms with E-state index in [0.29, 0.717) is 21.7 Å². The molecular formula is C7H8N6OS. The fourth-order valence-electron chi connectivity index (χ4n) is 1.24. The van der Waals surface area contributed by atoms with Gasteiger partial charge in [-0.25, -0.2) is 9.97 Å². The van der Waals surface area contributed by atoms with Crippen LogP contribution in [0.3, 0.4) is 0 Å². The van der Waals surface area contributed by atoms with Crippen molar-refractivity contribution in [3.05, 3.63) is 6.33 Å². The molecule has 2 aromatic heterocycles. The minimum absolute atomic E-state index is 0.261. The largest absolute Gasteiger partial charge is 0.384 e. The smallest absolute Gasteiger partial charge is 0.281 e. The number of nitrogens with zero attached hydrogens (tertiary/aromatic N) is 2. The number of nitrogens with two attached hydrogens (primary N) is 3. The minimum Gasteiger partial charge on any atom is -0.384 e. The molecule has 2 heterocycles. The Hall–Kier alpha value is -1.96. The van der Waals surface area contributed by atoms with Crippen molar-refractivity contribution in [3.63, 3.8) is 0 Å². The van der Waals surface area contributed by atoms with Crippen molar-refractivity contribution < 1.29 is 4.79 Å². The molecule has 0 saturated heterocycles. The summed E-state index contributed by atoms with van der Waals surface area (Å²) in [5, 5.41) is -0.0374. The number of carbonyl (C=O) groups excluding carboxylic acids is 1. The van der Waals surface area contributed by atoms with E-state index in [2.05, 4.69) is 15.0 Å². The number of aromatic amines is 1. The van der Waals surface area contributed by atoms with Gasteiger partial charge in [-0.2, -0.15) is 0 Å². The van der Waals surface area contributed by atoms with E-state index >= 15 is 0 Å². The molecule has 0 unspecified atom stereocenters. The molecule has 15 heavy (non-hydrogen) atoms. The molecule has 0 bridgehead atoms. The molecule has 7 nitrogen and oxygen atoms in total. The zero-order chi connectivity index (χ0) is 11.0. The Morgan fingerprint density at radius 2 is 2.13 bits per heavy atom. The molecule has 8 heteroatoms. The van der Waals surface area contributed by atoms with Crippen LogP contribution in [0, 0.1) is 0 Å². The van der Waals surface area contributed by atoms with E-state index in [1.807, 2.05) is 0 Å². The summed E-state index contributed by atoms with van der Waals surface area (Å²) < 4.78 is 0. The molecule has 7 N–H and O–H groups in total. The zero-order valence-corrected chi connectivity index (χ0v) is 8.34. The maximum absolute atomic E-state index is 10.8. The number of H-pyrrole nitrogens is 1. The molecule has 0 aliphatic rings. The highest BCUT2D eigenvalue weighted by atomic mass is 32.2. The first-order valence-corrected chi connectivity index (χ1v) is 4.76. The predicted molar refractivity (Wildman–Crippen MR) is 58.2 cm³/mol. The van der Waals surface area contributed by atoms with Crippen molar-refractivity contribution in [3.8, 4) is 0 Å². The first kappa shape index (κ1) is 9.59. The number of amides is 1. The summed E-state index contributed by atoms with van der Waals surface area (Å²) in [5.74, 6) is 0.567. The van der Waals surface area contributed by atoms with Crippen LogP contribution < -0.4 is 17.2 Å². The van der Waals surface area contributed by atoms with Gasteiger partial charge in [-0.15, -0.1) is 0 Å². The van der Waals surface area contributed by atoms with Gasteiger partial charge in [0.2, 0.25) is 0 Å². The number of anilines is 2. The highest BCUT2D eigenvalue weighted by molar-refractivity contribution is 8.13. The summed E-state index contributed by atoms with van der Waals surface area (Å²) in [4.78, 5) is 21.8. The lowest BCUT2D eigenvalue weighted by atomic mass is 10.4. The minimum atomic E-state index is -0.564. The SMILES string of the molecule is NC(=O)Sc1c(N)[nH]c2ncnc(N)c12. The molecule has 2 aromatic rings. The van der Waals surface area contributed by atoms with E-state index in [4.69, 9.17) is 17.2 Å². The van der Waals surface area contributed by atoms with Crippen molar-refractivity contribution in [1.82, 2.24) is 15.0 Å². The topological polar surface area (TPSA) is 137 Å². The highest BCUT2D eigenvalue weighted by Gasteiger charge is 2.15. The fraction of sp³-hybridized carbons (Fsp3) is 0. The molecule has 2 rings (SSSR count). The van der Waals surface area contributed by atoms with Crippen LogP contribution >= 0.6 is 11.8 Å². The summed E-state index contributed by atoms with van der Waals surface area (Å²) in [7, 11) is 0. The summed E-state index contributed by atoms with van der Waals surface area (Å²) in [6.45, 7) is 0. The zero-order valence-electron chi connectivity index (χ0n) is 7.52. The van der Waals surface area contributed by atoms with Gasteiger partial charge in [0.1, 0.15) is 23.6 Å². The second-order valence-electron chi connectivity index (χ2n) is 2.77. The van der Waals surface area contributed by atoms with Gasteiger partial charge in [0.05, 0.1) is 10.3 Å². The van der Waals surface area contributed by atoms with E-state index in [1.165, 1.54) is 6.33 Å². The second kappa shape index (κ2) is 3.31. The second-order valence-corrected chi connectivity index (χ2v) is 3.79. The monoisotopic (exact) mass is 224 g/mol. The van der Waals surface area contributed by atoms with Gasteiger partial charge in [-0.3, -0.25) is 4.79 Å². The quantitative estimate of drug-likeness (QED) is 0.514. The van der Waals surface area contributed by atoms with Crippen molar-refractivity contribution in [2.75, 3.05) is 11.5 Å². The van der Waals surface area contributed by atoms with Crippen LogP contribution in [-0.2, 0) is 0 Å². The number of nitrogens with one attached hydrogen (secondary N) is 1. The van der Waals surface area contributed by atoms with Crippen LogP contribution in [0.4, 0.5) is 16.4 Å². The van der Waals surface area contributed by atoms with Crippen molar-refractivity contribution in [1.29, 1.82) is 0 Å². The Balaban J connectivity index is 2.71. The summed E-state index contributed by atoms with van der Waals surface area (Å²) >= 11 is 0.798. The first-order chi connectivity index (χ1) is 7.09. The van der Waals surface area contributed by atoms with Gasteiger partial charge in [0, 0.05) is 0 Å². The highest BCUT2D eigenvalue weighted by Crippen LogP contribution is 2.34. The van der Waals surface area contributed by atoms with E-state index < -0.39 is 5.24 Å². The lowest BCUT2D eigenvalue weighted by Crippen LogP contribution is -2.02. The van der Waals surface area contributed by atoms with Gasteiger partial charge in [0.25, 0.3) is 5.24 Å². The Kier molecular flexibility index (Phi) is 2.12. The molecule has 0 atom stereocenters. The molecule has 0 spiro atoms. The number of hydrogen-bond acceptors (Lipinski definition) is 6. The van der Waals surface area contributed by atoms with Crippen molar-refractivity contribution in [2.45, 2.75) is 4.90 Å². The number of aromatic nitrogens is 3. The number of primary amides is 1. The Bertz CT molecular complexity index is 536. The molecule has 78 valence electrons. The third-order valence-corrected chi connectivity index (χ3v) is 2.63. The molecule has 0 aliphatic heterocycles. The van der Waals surface area contributed by atoms with Gasteiger partial charge in [-0.05, 0) is 11.8 Å². The number of fused-ring (bicyclic) bond motifs is 1. The van der Waals surface area contributed by atoms with Crippen molar-refractivity contribution >= 4 is 39.7 Å². The van der Waals surface area contributed by atoms with Crippen LogP contribution in [0.2, 0.25) is 0 Å². The first-order valence-electron chi connectivity index (χ1n) is 3.94. The van der Waals surface area contributed by atoms with E-state index in [9.17, 15) is 4.79 Å². The van der Waals surface area contributed by atoms with Gasteiger partial charge < -0.3 is 22.2 Å².